The molecule has 36 heavy (non-hydrogen) atoms. The fraction of sp³-hybridized carbons (Fsp3) is 0.367. The molecule has 2 aliphatic rings. The molecule has 6 nitrogen and oxygen atoms in total. The van der Waals surface area contributed by atoms with E-state index in [-0.39, 0.29) is 29.4 Å². The topological polar surface area (TPSA) is 71.5 Å². The number of carbonyl (C=O) groups is 2. The number of nitrogens with one attached hydrogen (secondary N) is 1. The Balaban J connectivity index is 1.42. The maximum atomic E-state index is 13.4. The number of ether oxygens (including phenoxy) is 1. The van der Waals surface area contributed by atoms with Crippen molar-refractivity contribution in [1.29, 1.82) is 0 Å². The van der Waals surface area contributed by atoms with Crippen molar-refractivity contribution in [3.63, 3.8) is 0 Å². The Morgan fingerprint density at radius 3 is 2.56 bits per heavy atom. The van der Waals surface area contributed by atoms with Crippen LogP contribution in [0.5, 0.6) is 0 Å². The Labute approximate surface area is 212 Å². The van der Waals surface area contributed by atoms with Gasteiger partial charge in [0.15, 0.2) is 0 Å². The molecule has 2 heterocycles. The molecule has 5 rings (SSSR count). The Morgan fingerprint density at radius 2 is 1.86 bits per heavy atom. The van der Waals surface area contributed by atoms with Crippen molar-refractivity contribution in [1.82, 2.24) is 15.2 Å². The third-order valence-corrected chi connectivity index (χ3v) is 7.79. The molecule has 2 atom stereocenters. The van der Waals surface area contributed by atoms with Crippen molar-refractivity contribution in [2.75, 3.05) is 19.7 Å². The SMILES string of the molecule is CCO[C@H]1[C@H](NC(=O)c2cccnc2)c2ccccc2C12CCN(C(=O)c1ccc(C)cc1C)CC2. The highest BCUT2D eigenvalue weighted by Gasteiger charge is 2.54. The van der Waals surface area contributed by atoms with Gasteiger partial charge in [-0.05, 0) is 68.5 Å². The lowest BCUT2D eigenvalue weighted by Crippen LogP contribution is -2.52. The van der Waals surface area contributed by atoms with Crippen LogP contribution in [0, 0.1) is 13.8 Å². The van der Waals surface area contributed by atoms with Gasteiger partial charge in [-0.25, -0.2) is 0 Å². The van der Waals surface area contributed by atoms with E-state index in [9.17, 15) is 9.59 Å². The summed E-state index contributed by atoms with van der Waals surface area (Å²) in [5, 5.41) is 3.25. The number of hydrogen-bond acceptors (Lipinski definition) is 4. The number of likely N-dealkylation sites (tertiary alicyclic amines) is 1. The first-order valence-corrected chi connectivity index (χ1v) is 12.7. The second-order valence-corrected chi connectivity index (χ2v) is 9.92. The number of benzene rings is 2. The number of hydrogen-bond donors (Lipinski definition) is 1. The Bertz CT molecular complexity index is 1270. The van der Waals surface area contributed by atoms with Gasteiger partial charge in [0.05, 0.1) is 17.7 Å². The summed E-state index contributed by atoms with van der Waals surface area (Å²) in [6.45, 7) is 7.88. The summed E-state index contributed by atoms with van der Waals surface area (Å²) >= 11 is 0. The van der Waals surface area contributed by atoms with Crippen molar-refractivity contribution in [3.8, 4) is 0 Å². The van der Waals surface area contributed by atoms with Gasteiger partial charge in [0.1, 0.15) is 0 Å². The van der Waals surface area contributed by atoms with Gasteiger partial charge in [0, 0.05) is 43.1 Å². The molecule has 0 unspecified atom stereocenters. The van der Waals surface area contributed by atoms with E-state index in [0.717, 1.165) is 35.1 Å². The molecule has 0 radical (unpaired) electrons. The molecule has 0 saturated carbocycles. The van der Waals surface area contributed by atoms with Crippen molar-refractivity contribution in [2.45, 2.75) is 51.2 Å². The van der Waals surface area contributed by atoms with E-state index in [2.05, 4.69) is 34.6 Å². The first-order valence-electron chi connectivity index (χ1n) is 12.7. The number of fused-ring (bicyclic) bond motifs is 2. The molecule has 1 aliphatic carbocycles. The largest absolute Gasteiger partial charge is 0.375 e. The monoisotopic (exact) mass is 483 g/mol. The average Bonchev–Trinajstić information content (AvgIpc) is 3.13. The standard InChI is InChI=1S/C30H33N3O3/c1-4-36-27-26(32-28(34)22-8-7-15-31-19-22)24-9-5-6-10-25(24)30(27)13-16-33(17-14-30)29(35)23-12-11-20(2)18-21(23)3/h5-12,15,18-19,26-27H,4,13-14,16-17H2,1-3H3,(H,32,34)/t26-,27+/m1/s1. The number of nitrogens with zero attached hydrogens (tertiary/aromatic N) is 2. The van der Waals surface area contributed by atoms with Crippen LogP contribution in [0.25, 0.3) is 0 Å². The van der Waals surface area contributed by atoms with Crippen LogP contribution in [0.3, 0.4) is 0 Å². The van der Waals surface area contributed by atoms with E-state index in [1.165, 1.54) is 5.56 Å². The molecule has 1 aliphatic heterocycles. The van der Waals surface area contributed by atoms with Gasteiger partial charge >= 0.3 is 0 Å². The van der Waals surface area contributed by atoms with Gasteiger partial charge in [-0.15, -0.1) is 0 Å². The molecule has 6 heteroatoms. The molecule has 2 aromatic carbocycles. The number of carbonyl (C=O) groups excluding carboxylic acids is 2. The summed E-state index contributed by atoms with van der Waals surface area (Å²) in [5.74, 6) is -0.0739. The molecular weight excluding hydrogens is 450 g/mol. The summed E-state index contributed by atoms with van der Waals surface area (Å²) in [6.07, 6.45) is 4.60. The second kappa shape index (κ2) is 9.86. The van der Waals surface area contributed by atoms with Crippen molar-refractivity contribution < 1.29 is 14.3 Å². The van der Waals surface area contributed by atoms with Gasteiger partial charge in [0.2, 0.25) is 0 Å². The zero-order chi connectivity index (χ0) is 25.3. The molecule has 1 aromatic heterocycles. The van der Waals surface area contributed by atoms with Crippen LogP contribution in [0.4, 0.5) is 0 Å². The van der Waals surface area contributed by atoms with Crippen molar-refractivity contribution >= 4 is 11.8 Å². The summed E-state index contributed by atoms with van der Waals surface area (Å²) in [6, 6.07) is 17.6. The molecule has 1 N–H and O–H groups in total. The van der Waals surface area contributed by atoms with Crippen LogP contribution in [-0.4, -0.2) is 47.5 Å². The Kier molecular flexibility index (Phi) is 6.63. The lowest BCUT2D eigenvalue weighted by molar-refractivity contribution is -0.0305. The molecule has 3 aromatic rings. The van der Waals surface area contributed by atoms with E-state index < -0.39 is 0 Å². The van der Waals surface area contributed by atoms with Gasteiger partial charge in [-0.1, -0.05) is 42.0 Å². The van der Waals surface area contributed by atoms with E-state index in [4.69, 9.17) is 4.74 Å². The minimum absolute atomic E-state index is 0.0861. The predicted molar refractivity (Wildman–Crippen MR) is 139 cm³/mol. The van der Waals surface area contributed by atoms with Crippen molar-refractivity contribution in [2.24, 2.45) is 0 Å². The molecule has 1 saturated heterocycles. The highest BCUT2D eigenvalue weighted by atomic mass is 16.5. The average molecular weight is 484 g/mol. The van der Waals surface area contributed by atoms with E-state index in [1.807, 2.05) is 43.9 Å². The minimum atomic E-state index is -0.268. The molecule has 2 amide bonds. The van der Waals surface area contributed by atoms with Gasteiger partial charge in [0.25, 0.3) is 11.8 Å². The van der Waals surface area contributed by atoms with Crippen LogP contribution in [0.15, 0.2) is 67.0 Å². The number of pyridine rings is 1. The zero-order valence-corrected chi connectivity index (χ0v) is 21.2. The third-order valence-electron chi connectivity index (χ3n) is 7.79. The lowest BCUT2D eigenvalue weighted by atomic mass is 9.71. The van der Waals surface area contributed by atoms with Crippen LogP contribution in [0.1, 0.15) is 68.8 Å². The highest BCUT2D eigenvalue weighted by Crippen LogP contribution is 2.52. The molecule has 186 valence electrons. The fourth-order valence-corrected chi connectivity index (χ4v) is 6.05. The molecule has 1 spiro atoms. The normalized spacial score (nSPS) is 20.2. The number of aromatic nitrogens is 1. The highest BCUT2D eigenvalue weighted by molar-refractivity contribution is 5.96. The summed E-state index contributed by atoms with van der Waals surface area (Å²) < 4.78 is 6.41. The Morgan fingerprint density at radius 1 is 1.08 bits per heavy atom. The quantitative estimate of drug-likeness (QED) is 0.568. The Hall–Kier alpha value is -3.51. The van der Waals surface area contributed by atoms with Gasteiger partial charge in [-0.3, -0.25) is 14.6 Å². The molecular formula is C30H33N3O3. The number of amides is 2. The fourth-order valence-electron chi connectivity index (χ4n) is 6.05. The van der Waals surface area contributed by atoms with E-state index in [1.54, 1.807) is 24.5 Å². The van der Waals surface area contributed by atoms with Crippen molar-refractivity contribution in [3.05, 3.63) is 100 Å². The minimum Gasteiger partial charge on any atom is -0.375 e. The first-order chi connectivity index (χ1) is 17.4. The summed E-state index contributed by atoms with van der Waals surface area (Å²) in [7, 11) is 0. The number of rotatable bonds is 5. The summed E-state index contributed by atoms with van der Waals surface area (Å²) in [4.78, 5) is 32.6. The van der Waals surface area contributed by atoms with E-state index >= 15 is 0 Å². The first kappa shape index (κ1) is 24.2. The van der Waals surface area contributed by atoms with E-state index in [0.29, 0.717) is 25.3 Å². The van der Waals surface area contributed by atoms with Crippen LogP contribution >= 0.6 is 0 Å². The third kappa shape index (κ3) is 4.20. The molecule has 1 fully saturated rings. The maximum absolute atomic E-state index is 13.4. The summed E-state index contributed by atoms with van der Waals surface area (Å²) in [5.41, 5.74) is 5.52. The smallest absolute Gasteiger partial charge is 0.254 e. The van der Waals surface area contributed by atoms with Gasteiger partial charge < -0.3 is 15.0 Å². The maximum Gasteiger partial charge on any atom is 0.254 e. The molecule has 0 bridgehead atoms. The number of piperidine rings is 1. The lowest BCUT2D eigenvalue weighted by Gasteiger charge is -2.44. The second-order valence-electron chi connectivity index (χ2n) is 9.92. The van der Waals surface area contributed by atoms with Crippen LogP contribution in [0.2, 0.25) is 0 Å². The van der Waals surface area contributed by atoms with Gasteiger partial charge in [-0.2, -0.15) is 0 Å². The van der Waals surface area contributed by atoms with Crippen LogP contribution < -0.4 is 5.32 Å². The zero-order valence-electron chi connectivity index (χ0n) is 21.2. The number of aryl methyl sites for hydroxylation is 2. The predicted octanol–water partition coefficient (Wildman–Crippen LogP) is 4.76. The van der Waals surface area contributed by atoms with Crippen LogP contribution in [-0.2, 0) is 10.2 Å².